The summed E-state index contributed by atoms with van der Waals surface area (Å²) in [6.07, 6.45) is 2.34. The van der Waals surface area contributed by atoms with Crippen LogP contribution in [0.4, 0.5) is 0 Å². The van der Waals surface area contributed by atoms with Gasteiger partial charge in [-0.2, -0.15) is 0 Å². The third kappa shape index (κ3) is 5.58. The van der Waals surface area contributed by atoms with Crippen molar-refractivity contribution < 1.29 is 19.5 Å². The molecule has 1 aromatic carbocycles. The Morgan fingerprint density at radius 3 is 2.31 bits per heavy atom. The van der Waals surface area contributed by atoms with E-state index in [-0.39, 0.29) is 23.7 Å². The number of hydrogen-bond donors (Lipinski definition) is 2. The summed E-state index contributed by atoms with van der Waals surface area (Å²) in [7, 11) is 0. The third-order valence-corrected chi connectivity index (χ3v) is 4.92. The Kier molecular flexibility index (Phi) is 7.18. The summed E-state index contributed by atoms with van der Waals surface area (Å²) < 4.78 is 0. The first-order chi connectivity index (χ1) is 12.4. The van der Waals surface area contributed by atoms with Crippen LogP contribution >= 0.6 is 0 Å². The first kappa shape index (κ1) is 19.9. The van der Waals surface area contributed by atoms with E-state index in [4.69, 9.17) is 0 Å². The minimum atomic E-state index is -1.01. The van der Waals surface area contributed by atoms with Gasteiger partial charge in [0.1, 0.15) is 6.04 Å². The fourth-order valence-electron chi connectivity index (χ4n) is 3.23. The summed E-state index contributed by atoms with van der Waals surface area (Å²) in [6.45, 7) is 4.64. The van der Waals surface area contributed by atoms with E-state index in [2.05, 4.69) is 5.32 Å². The van der Waals surface area contributed by atoms with Crippen molar-refractivity contribution in [1.82, 2.24) is 10.2 Å². The Balaban J connectivity index is 1.78. The molecule has 1 aliphatic heterocycles. The number of carbonyl (C=O) groups is 3. The number of aryl methyl sites for hydroxylation is 1. The van der Waals surface area contributed by atoms with Crippen molar-refractivity contribution in [3.05, 3.63) is 35.9 Å². The summed E-state index contributed by atoms with van der Waals surface area (Å²) in [5.41, 5.74) is 1.14. The van der Waals surface area contributed by atoms with E-state index in [1.165, 1.54) is 0 Å². The van der Waals surface area contributed by atoms with Gasteiger partial charge in [-0.3, -0.25) is 9.59 Å². The number of hydrogen-bond acceptors (Lipinski definition) is 3. The topological polar surface area (TPSA) is 86.7 Å². The lowest BCUT2D eigenvalue weighted by Crippen LogP contribution is -2.49. The number of nitrogens with one attached hydrogen (secondary N) is 1. The number of rotatable bonds is 7. The zero-order chi connectivity index (χ0) is 19.1. The lowest BCUT2D eigenvalue weighted by atomic mass is 9.94. The minimum Gasteiger partial charge on any atom is -0.480 e. The highest BCUT2D eigenvalue weighted by Gasteiger charge is 2.30. The zero-order valence-electron chi connectivity index (χ0n) is 15.5. The maximum atomic E-state index is 12.4. The van der Waals surface area contributed by atoms with E-state index in [9.17, 15) is 19.5 Å². The highest BCUT2D eigenvalue weighted by molar-refractivity contribution is 5.85. The summed E-state index contributed by atoms with van der Waals surface area (Å²) in [5, 5.41) is 11.8. The normalized spacial score (nSPS) is 16.3. The van der Waals surface area contributed by atoms with Crippen molar-refractivity contribution in [2.45, 2.75) is 45.6 Å². The molecule has 1 fully saturated rings. The molecule has 0 aromatic heterocycles. The van der Waals surface area contributed by atoms with Crippen molar-refractivity contribution in [2.75, 3.05) is 13.1 Å². The molecule has 1 unspecified atom stereocenters. The first-order valence-corrected chi connectivity index (χ1v) is 9.23. The van der Waals surface area contributed by atoms with Crippen LogP contribution < -0.4 is 5.32 Å². The smallest absolute Gasteiger partial charge is 0.326 e. The molecule has 0 spiro atoms. The number of carboxylic acid groups (broad SMARTS) is 1. The molecule has 0 radical (unpaired) electrons. The Bertz CT molecular complexity index is 622. The Morgan fingerprint density at radius 2 is 1.77 bits per heavy atom. The zero-order valence-corrected chi connectivity index (χ0v) is 15.5. The van der Waals surface area contributed by atoms with Gasteiger partial charge in [-0.1, -0.05) is 44.2 Å². The Labute approximate surface area is 154 Å². The number of aliphatic carboxylic acids is 1. The molecule has 6 heteroatoms. The lowest BCUT2D eigenvalue weighted by Gasteiger charge is -2.32. The van der Waals surface area contributed by atoms with Gasteiger partial charge < -0.3 is 15.3 Å². The van der Waals surface area contributed by atoms with Gasteiger partial charge in [0.15, 0.2) is 0 Å². The summed E-state index contributed by atoms with van der Waals surface area (Å²) in [5.74, 6) is -1.52. The van der Waals surface area contributed by atoms with Crippen molar-refractivity contribution >= 4 is 17.8 Å². The quantitative estimate of drug-likeness (QED) is 0.779. The largest absolute Gasteiger partial charge is 0.480 e. The maximum absolute atomic E-state index is 12.4. The third-order valence-electron chi connectivity index (χ3n) is 4.92. The average Bonchev–Trinajstić information content (AvgIpc) is 2.64. The highest BCUT2D eigenvalue weighted by atomic mass is 16.4. The van der Waals surface area contributed by atoms with E-state index >= 15 is 0 Å². The number of carbonyl (C=O) groups excluding carboxylic acids is 2. The fourth-order valence-corrected chi connectivity index (χ4v) is 3.23. The van der Waals surface area contributed by atoms with E-state index in [1.54, 1.807) is 13.8 Å². The number of likely N-dealkylation sites (tertiary alicyclic amines) is 1. The monoisotopic (exact) mass is 360 g/mol. The molecule has 142 valence electrons. The average molecular weight is 360 g/mol. The molecule has 1 aliphatic rings. The number of piperidine rings is 1. The Hall–Kier alpha value is -2.37. The molecule has 2 rings (SSSR count). The molecule has 6 nitrogen and oxygen atoms in total. The minimum absolute atomic E-state index is 0.110. The van der Waals surface area contributed by atoms with Crippen LogP contribution in [0.5, 0.6) is 0 Å². The molecule has 0 saturated carbocycles. The van der Waals surface area contributed by atoms with Gasteiger partial charge in [-0.25, -0.2) is 4.79 Å². The molecule has 1 heterocycles. The fraction of sp³-hybridized carbons (Fsp3) is 0.550. The number of nitrogens with zero attached hydrogens (tertiary/aromatic N) is 1. The van der Waals surface area contributed by atoms with Crippen molar-refractivity contribution in [2.24, 2.45) is 11.8 Å². The molecule has 0 aliphatic carbocycles. The number of benzene rings is 1. The van der Waals surface area contributed by atoms with Crippen LogP contribution in [-0.4, -0.2) is 46.9 Å². The van der Waals surface area contributed by atoms with E-state index in [0.717, 1.165) is 12.0 Å². The summed E-state index contributed by atoms with van der Waals surface area (Å²) in [6, 6.07) is 9.04. The predicted molar refractivity (Wildman–Crippen MR) is 98.5 cm³/mol. The van der Waals surface area contributed by atoms with Gasteiger partial charge in [0, 0.05) is 25.4 Å². The van der Waals surface area contributed by atoms with Crippen molar-refractivity contribution in [3.63, 3.8) is 0 Å². The highest BCUT2D eigenvalue weighted by Crippen LogP contribution is 2.19. The second-order valence-corrected chi connectivity index (χ2v) is 7.21. The van der Waals surface area contributed by atoms with Crippen LogP contribution in [0.15, 0.2) is 30.3 Å². The number of amides is 2. The second-order valence-electron chi connectivity index (χ2n) is 7.21. The molecular weight excluding hydrogens is 332 g/mol. The van der Waals surface area contributed by atoms with E-state index in [1.807, 2.05) is 35.2 Å². The second kappa shape index (κ2) is 9.36. The van der Waals surface area contributed by atoms with E-state index < -0.39 is 12.0 Å². The van der Waals surface area contributed by atoms with Crippen LogP contribution in [-0.2, 0) is 20.8 Å². The van der Waals surface area contributed by atoms with Crippen molar-refractivity contribution in [3.8, 4) is 0 Å². The molecule has 26 heavy (non-hydrogen) atoms. The van der Waals surface area contributed by atoms with Crippen LogP contribution in [0.1, 0.15) is 38.7 Å². The van der Waals surface area contributed by atoms with Crippen LogP contribution in [0, 0.1) is 11.8 Å². The van der Waals surface area contributed by atoms with Gasteiger partial charge in [-0.05, 0) is 30.7 Å². The van der Waals surface area contributed by atoms with Gasteiger partial charge in [0.25, 0.3) is 0 Å². The molecule has 2 N–H and O–H groups in total. The SMILES string of the molecule is CC(C)C(NC(=O)C1CCN(C(=O)CCc2ccccc2)CC1)C(=O)O. The standard InChI is InChI=1S/C20H28N2O4/c1-14(2)18(20(25)26)21-19(24)16-10-12-22(13-11-16)17(23)9-8-15-6-4-3-5-7-15/h3-7,14,16,18H,8-13H2,1-2H3,(H,21,24)(H,25,26). The first-order valence-electron chi connectivity index (χ1n) is 9.23. The van der Waals surface area contributed by atoms with E-state index in [0.29, 0.717) is 32.4 Å². The summed E-state index contributed by atoms with van der Waals surface area (Å²) in [4.78, 5) is 37.7. The van der Waals surface area contributed by atoms with Crippen LogP contribution in [0.2, 0.25) is 0 Å². The van der Waals surface area contributed by atoms with Gasteiger partial charge in [0.2, 0.25) is 11.8 Å². The number of carboxylic acids is 1. The molecule has 1 atom stereocenters. The Morgan fingerprint density at radius 1 is 1.15 bits per heavy atom. The van der Waals surface area contributed by atoms with Crippen molar-refractivity contribution in [1.29, 1.82) is 0 Å². The van der Waals surface area contributed by atoms with Crippen LogP contribution in [0.25, 0.3) is 0 Å². The molecule has 1 saturated heterocycles. The summed E-state index contributed by atoms with van der Waals surface area (Å²) >= 11 is 0. The van der Waals surface area contributed by atoms with Gasteiger partial charge in [0.05, 0.1) is 0 Å². The van der Waals surface area contributed by atoms with Crippen LogP contribution in [0.3, 0.4) is 0 Å². The molecule has 2 amide bonds. The maximum Gasteiger partial charge on any atom is 0.326 e. The lowest BCUT2D eigenvalue weighted by molar-refractivity contribution is -0.144. The predicted octanol–water partition coefficient (Wildman–Crippen LogP) is 2.08. The van der Waals surface area contributed by atoms with Gasteiger partial charge >= 0.3 is 5.97 Å². The molecular formula is C20H28N2O4. The molecule has 1 aromatic rings. The molecule has 0 bridgehead atoms. The van der Waals surface area contributed by atoms with Gasteiger partial charge in [-0.15, -0.1) is 0 Å².